The van der Waals surface area contributed by atoms with Gasteiger partial charge in [-0.2, -0.15) is 0 Å². The van der Waals surface area contributed by atoms with Crippen LogP contribution in [0.3, 0.4) is 0 Å². The van der Waals surface area contributed by atoms with Crippen LogP contribution in [0.1, 0.15) is 62.3 Å². The van der Waals surface area contributed by atoms with E-state index in [9.17, 15) is 14.7 Å². The van der Waals surface area contributed by atoms with Gasteiger partial charge in [0.05, 0.1) is 5.69 Å². The van der Waals surface area contributed by atoms with Crippen molar-refractivity contribution in [1.82, 2.24) is 14.9 Å². The number of hydrogen-bond acceptors (Lipinski definition) is 5. The van der Waals surface area contributed by atoms with Crippen molar-refractivity contribution in [2.45, 2.75) is 64.8 Å². The normalized spacial score (nSPS) is 12.9. The molecule has 0 fully saturated rings. The van der Waals surface area contributed by atoms with Crippen molar-refractivity contribution in [2.75, 3.05) is 6.54 Å². The number of hydrogen-bond donors (Lipinski definition) is 4. The van der Waals surface area contributed by atoms with Gasteiger partial charge in [0, 0.05) is 41.3 Å². The minimum Gasteiger partial charge on any atom is -0.504 e. The fourth-order valence-corrected chi connectivity index (χ4v) is 4.88. The van der Waals surface area contributed by atoms with E-state index < -0.39 is 23.2 Å². The van der Waals surface area contributed by atoms with Gasteiger partial charge in [-0.1, -0.05) is 32.6 Å². The molecule has 0 radical (unpaired) electrons. The van der Waals surface area contributed by atoms with Crippen molar-refractivity contribution in [3.63, 3.8) is 0 Å². The second-order valence-corrected chi connectivity index (χ2v) is 9.06. The molecule has 0 unspecified atom stereocenters. The molecule has 34 heavy (non-hydrogen) atoms. The number of aromatic nitrogens is 2. The lowest BCUT2D eigenvalue weighted by molar-refractivity contribution is 0.142. The Kier molecular flexibility index (Phi) is 7.26. The number of benzene rings is 1. The largest absolute Gasteiger partial charge is 0.511 e. The molecule has 1 aliphatic carbocycles. The molecule has 0 saturated carbocycles. The van der Waals surface area contributed by atoms with Crippen molar-refractivity contribution in [3.05, 3.63) is 45.4 Å². The van der Waals surface area contributed by atoms with E-state index in [0.29, 0.717) is 17.7 Å². The summed E-state index contributed by atoms with van der Waals surface area (Å²) < 4.78 is 6.75. The maximum Gasteiger partial charge on any atom is 0.511 e. The lowest BCUT2D eigenvalue weighted by atomic mass is 9.99. The van der Waals surface area contributed by atoms with Gasteiger partial charge >= 0.3 is 6.16 Å². The summed E-state index contributed by atoms with van der Waals surface area (Å²) in [5.74, 6) is -0.968. The molecule has 0 spiro atoms. The van der Waals surface area contributed by atoms with E-state index in [-0.39, 0.29) is 0 Å². The standard InChI is InChI=1S/C26H33N3O5/c1-3-4-5-6-7-11-27-15-18-12-17-13-20-16(14-21(17)29(18)2)9-8-10-19-22(20)28-25(31)24(23(19)30)34-26(32)33/h12-14,27H,3-11,15H2,1-2H3,(H,32,33)(H2,28,30,31). The van der Waals surface area contributed by atoms with Crippen LogP contribution >= 0.6 is 0 Å². The lowest BCUT2D eigenvalue weighted by Crippen LogP contribution is -2.17. The van der Waals surface area contributed by atoms with Gasteiger partial charge in [-0.15, -0.1) is 0 Å². The number of pyridine rings is 1. The average Bonchev–Trinajstić information content (AvgIpc) is 2.99. The number of H-pyrrole nitrogens is 1. The minimum absolute atomic E-state index is 0.397. The Morgan fingerprint density at radius 2 is 1.97 bits per heavy atom. The average molecular weight is 468 g/mol. The zero-order chi connectivity index (χ0) is 24.2. The zero-order valence-corrected chi connectivity index (χ0v) is 19.9. The Hall–Kier alpha value is -3.26. The summed E-state index contributed by atoms with van der Waals surface area (Å²) in [7, 11) is 2.07. The Balaban J connectivity index is 1.63. The van der Waals surface area contributed by atoms with Gasteiger partial charge in [0.2, 0.25) is 5.75 Å². The molecule has 1 aliphatic rings. The Labute approximate surface area is 198 Å². The molecule has 3 aromatic rings. The summed E-state index contributed by atoms with van der Waals surface area (Å²) in [6, 6.07) is 6.37. The summed E-state index contributed by atoms with van der Waals surface area (Å²) in [6.07, 6.45) is 6.69. The van der Waals surface area contributed by atoms with E-state index in [0.717, 1.165) is 48.0 Å². The van der Waals surface area contributed by atoms with Gasteiger partial charge < -0.3 is 29.8 Å². The molecule has 0 atom stereocenters. The van der Waals surface area contributed by atoms with Crippen LogP contribution in [0.4, 0.5) is 4.79 Å². The fraction of sp³-hybridized carbons (Fsp3) is 0.462. The molecule has 2 heterocycles. The lowest BCUT2D eigenvalue weighted by Gasteiger charge is -2.13. The molecule has 4 rings (SSSR count). The summed E-state index contributed by atoms with van der Waals surface area (Å²) in [5, 5.41) is 24.2. The summed E-state index contributed by atoms with van der Waals surface area (Å²) in [5.41, 5.74) is 4.54. The van der Waals surface area contributed by atoms with Crippen LogP contribution in [0.2, 0.25) is 0 Å². The number of nitrogens with one attached hydrogen (secondary N) is 2. The Morgan fingerprint density at radius 3 is 2.74 bits per heavy atom. The van der Waals surface area contributed by atoms with Gasteiger partial charge in [0.15, 0.2) is 5.75 Å². The van der Waals surface area contributed by atoms with Gasteiger partial charge in [0.25, 0.3) is 5.56 Å². The summed E-state index contributed by atoms with van der Waals surface area (Å²) >= 11 is 0. The molecule has 0 bridgehead atoms. The highest BCUT2D eigenvalue weighted by molar-refractivity contribution is 5.89. The number of rotatable bonds is 9. The molecule has 0 amide bonds. The molecular formula is C26H33N3O5. The molecular weight excluding hydrogens is 434 g/mol. The van der Waals surface area contributed by atoms with E-state index in [1.54, 1.807) is 0 Å². The van der Waals surface area contributed by atoms with Crippen LogP contribution in [0.25, 0.3) is 22.2 Å². The summed E-state index contributed by atoms with van der Waals surface area (Å²) in [4.78, 5) is 26.2. The predicted octanol–water partition coefficient (Wildman–Crippen LogP) is 4.84. The molecule has 8 nitrogen and oxygen atoms in total. The smallest absolute Gasteiger partial charge is 0.504 e. The van der Waals surface area contributed by atoms with Crippen molar-refractivity contribution in [3.8, 4) is 22.8 Å². The highest BCUT2D eigenvalue weighted by Gasteiger charge is 2.25. The summed E-state index contributed by atoms with van der Waals surface area (Å²) in [6.45, 7) is 4.01. The third kappa shape index (κ3) is 4.82. The topological polar surface area (TPSA) is 117 Å². The number of ether oxygens (including phenoxy) is 1. The number of nitrogens with zero attached hydrogens (tertiary/aromatic N) is 1. The molecule has 0 saturated heterocycles. The van der Waals surface area contributed by atoms with E-state index in [1.165, 1.54) is 37.8 Å². The maximum absolute atomic E-state index is 12.5. The number of carboxylic acid groups (broad SMARTS) is 1. The molecule has 8 heteroatoms. The SMILES string of the molecule is CCCCCCCNCc1cc2cc3c(cc2n1C)CCCc1c-3[nH]c(=O)c(OC(=O)O)c1O. The molecule has 4 N–H and O–H groups in total. The second-order valence-electron chi connectivity index (χ2n) is 9.06. The molecule has 1 aromatic carbocycles. The van der Waals surface area contributed by atoms with Crippen LogP contribution < -0.4 is 15.6 Å². The van der Waals surface area contributed by atoms with Gasteiger partial charge in [-0.25, -0.2) is 4.79 Å². The maximum atomic E-state index is 12.5. The first kappa shape index (κ1) is 23.9. The van der Waals surface area contributed by atoms with E-state index >= 15 is 0 Å². The van der Waals surface area contributed by atoms with Crippen molar-refractivity contribution in [1.29, 1.82) is 0 Å². The van der Waals surface area contributed by atoms with Gasteiger partial charge in [-0.3, -0.25) is 4.79 Å². The fourth-order valence-electron chi connectivity index (χ4n) is 4.88. The first-order valence-corrected chi connectivity index (χ1v) is 12.1. The van der Waals surface area contributed by atoms with Crippen LogP contribution in [-0.4, -0.2) is 32.5 Å². The number of aromatic amines is 1. The van der Waals surface area contributed by atoms with Crippen LogP contribution in [-0.2, 0) is 26.4 Å². The quantitative estimate of drug-likeness (QED) is 0.264. The van der Waals surface area contributed by atoms with Crippen molar-refractivity contribution < 1.29 is 19.7 Å². The highest BCUT2D eigenvalue weighted by Crippen LogP contribution is 2.40. The number of unbranched alkanes of at least 4 members (excludes halogenated alkanes) is 4. The number of carbonyl (C=O) groups is 1. The van der Waals surface area contributed by atoms with E-state index in [4.69, 9.17) is 5.11 Å². The molecule has 182 valence electrons. The van der Waals surface area contributed by atoms with Crippen LogP contribution in [0, 0.1) is 0 Å². The van der Waals surface area contributed by atoms with Crippen molar-refractivity contribution in [2.24, 2.45) is 7.05 Å². The van der Waals surface area contributed by atoms with E-state index in [2.05, 4.69) is 51.8 Å². The monoisotopic (exact) mass is 467 g/mol. The van der Waals surface area contributed by atoms with Crippen LogP contribution in [0.5, 0.6) is 11.5 Å². The van der Waals surface area contributed by atoms with Gasteiger partial charge in [0.1, 0.15) is 0 Å². The predicted molar refractivity (Wildman–Crippen MR) is 132 cm³/mol. The Morgan fingerprint density at radius 1 is 1.18 bits per heavy atom. The third-order valence-electron chi connectivity index (χ3n) is 6.71. The Bertz CT molecular complexity index is 1260. The number of aryl methyl sites for hydroxylation is 2. The van der Waals surface area contributed by atoms with Gasteiger partial charge in [-0.05, 0) is 56.0 Å². The minimum atomic E-state index is -1.64. The van der Waals surface area contributed by atoms with Crippen LogP contribution in [0.15, 0.2) is 23.0 Å². The number of aromatic hydroxyl groups is 1. The molecule has 0 aliphatic heterocycles. The highest BCUT2D eigenvalue weighted by atomic mass is 16.7. The first-order valence-electron chi connectivity index (χ1n) is 12.1. The molecule has 2 aromatic heterocycles. The van der Waals surface area contributed by atoms with Crippen molar-refractivity contribution >= 4 is 17.1 Å². The zero-order valence-electron chi connectivity index (χ0n) is 19.9. The second kappa shape index (κ2) is 10.3. The number of fused-ring (bicyclic) bond motifs is 4. The van der Waals surface area contributed by atoms with E-state index in [1.807, 2.05) is 0 Å². The third-order valence-corrected chi connectivity index (χ3v) is 6.71. The first-order chi connectivity index (χ1) is 16.4.